The summed E-state index contributed by atoms with van der Waals surface area (Å²) in [4.78, 5) is 0. The van der Waals surface area contributed by atoms with Gasteiger partial charge in [0.25, 0.3) is 0 Å². The van der Waals surface area contributed by atoms with Crippen LogP contribution in [0.5, 0.6) is 5.75 Å². The number of methoxy groups -OCH3 is 1. The van der Waals surface area contributed by atoms with E-state index >= 15 is 0 Å². The highest BCUT2D eigenvalue weighted by Crippen LogP contribution is 2.28. The molecule has 0 amide bonds. The second kappa shape index (κ2) is 5.44. The molecule has 96 valence electrons. The van der Waals surface area contributed by atoms with E-state index in [1.54, 1.807) is 7.11 Å². The Hall–Kier alpha value is -1.49. The van der Waals surface area contributed by atoms with E-state index in [4.69, 9.17) is 4.74 Å². The molecule has 0 radical (unpaired) electrons. The van der Waals surface area contributed by atoms with Crippen molar-refractivity contribution >= 4 is 21.6 Å². The fourth-order valence-electron chi connectivity index (χ4n) is 1.79. The van der Waals surface area contributed by atoms with Gasteiger partial charge in [-0.3, -0.25) is 4.68 Å². The summed E-state index contributed by atoms with van der Waals surface area (Å²) in [7, 11) is 3.59. The third-order valence-electron chi connectivity index (χ3n) is 2.75. The van der Waals surface area contributed by atoms with Gasteiger partial charge in [-0.25, -0.2) is 0 Å². The topological polar surface area (TPSA) is 39.1 Å². The summed E-state index contributed by atoms with van der Waals surface area (Å²) in [6, 6.07) is 5.95. The lowest BCUT2D eigenvalue weighted by Gasteiger charge is -2.09. The predicted octanol–water partition coefficient (Wildman–Crippen LogP) is 3.11. The molecule has 1 aromatic carbocycles. The zero-order chi connectivity index (χ0) is 13.1. The van der Waals surface area contributed by atoms with Gasteiger partial charge in [-0.1, -0.05) is 0 Å². The summed E-state index contributed by atoms with van der Waals surface area (Å²) in [5.41, 5.74) is 3.27. The number of ether oxygens (including phenoxy) is 1. The summed E-state index contributed by atoms with van der Waals surface area (Å²) < 4.78 is 8.04. The minimum Gasteiger partial charge on any atom is -0.495 e. The molecule has 1 N–H and O–H groups in total. The maximum atomic E-state index is 5.26. The first-order chi connectivity index (χ1) is 8.60. The Kier molecular flexibility index (Phi) is 3.91. The highest BCUT2D eigenvalue weighted by atomic mass is 79.9. The van der Waals surface area contributed by atoms with Gasteiger partial charge in [-0.2, -0.15) is 5.10 Å². The first-order valence-electron chi connectivity index (χ1n) is 5.66. The molecule has 0 fully saturated rings. The van der Waals surface area contributed by atoms with Crippen LogP contribution in [0, 0.1) is 6.92 Å². The highest BCUT2D eigenvalue weighted by Gasteiger charge is 2.04. The average molecular weight is 310 g/mol. The van der Waals surface area contributed by atoms with Crippen LogP contribution in [0.2, 0.25) is 0 Å². The molecule has 0 aliphatic carbocycles. The van der Waals surface area contributed by atoms with Crippen molar-refractivity contribution in [3.8, 4) is 5.75 Å². The zero-order valence-corrected chi connectivity index (χ0v) is 12.3. The van der Waals surface area contributed by atoms with Gasteiger partial charge >= 0.3 is 0 Å². The number of anilines is 1. The van der Waals surface area contributed by atoms with Crippen molar-refractivity contribution in [3.63, 3.8) is 0 Å². The normalized spacial score (nSPS) is 10.4. The van der Waals surface area contributed by atoms with E-state index in [0.29, 0.717) is 0 Å². The predicted molar refractivity (Wildman–Crippen MR) is 76.0 cm³/mol. The van der Waals surface area contributed by atoms with Gasteiger partial charge in [0.1, 0.15) is 5.75 Å². The van der Waals surface area contributed by atoms with E-state index in [1.165, 1.54) is 5.56 Å². The molecule has 1 aromatic heterocycles. The van der Waals surface area contributed by atoms with Crippen LogP contribution in [-0.2, 0) is 13.6 Å². The van der Waals surface area contributed by atoms with E-state index in [0.717, 1.165) is 28.1 Å². The quantitative estimate of drug-likeness (QED) is 0.943. The second-order valence-corrected chi connectivity index (χ2v) is 4.97. The van der Waals surface area contributed by atoms with Crippen molar-refractivity contribution in [2.45, 2.75) is 13.5 Å². The Morgan fingerprint density at radius 2 is 2.22 bits per heavy atom. The molecule has 1 heterocycles. The van der Waals surface area contributed by atoms with Crippen molar-refractivity contribution in [2.75, 3.05) is 12.4 Å². The number of benzene rings is 1. The molecule has 4 nitrogen and oxygen atoms in total. The van der Waals surface area contributed by atoms with E-state index < -0.39 is 0 Å². The van der Waals surface area contributed by atoms with Crippen LogP contribution < -0.4 is 10.1 Å². The van der Waals surface area contributed by atoms with Gasteiger partial charge in [0, 0.05) is 37.1 Å². The van der Waals surface area contributed by atoms with Crippen LogP contribution in [0.3, 0.4) is 0 Å². The fraction of sp³-hybridized carbons (Fsp3) is 0.308. The highest BCUT2D eigenvalue weighted by molar-refractivity contribution is 9.10. The Morgan fingerprint density at radius 3 is 2.83 bits per heavy atom. The minimum absolute atomic E-state index is 0.754. The largest absolute Gasteiger partial charge is 0.495 e. The van der Waals surface area contributed by atoms with Gasteiger partial charge in [0.05, 0.1) is 17.3 Å². The Bertz CT molecular complexity index is 551. The molecule has 0 bridgehead atoms. The molecule has 0 saturated carbocycles. The lowest BCUT2D eigenvalue weighted by molar-refractivity contribution is 0.412. The van der Waals surface area contributed by atoms with E-state index in [-0.39, 0.29) is 0 Å². The van der Waals surface area contributed by atoms with Crippen molar-refractivity contribution < 1.29 is 4.74 Å². The van der Waals surface area contributed by atoms with E-state index in [2.05, 4.69) is 26.3 Å². The standard InChI is InChI=1S/C13H16BrN3O/c1-9-10(8-17(2)16-9)7-15-11-4-5-12(14)13(6-11)18-3/h4-6,8,15H,7H2,1-3H3. The lowest BCUT2D eigenvalue weighted by Crippen LogP contribution is -2.00. The first-order valence-corrected chi connectivity index (χ1v) is 6.46. The van der Waals surface area contributed by atoms with Crippen molar-refractivity contribution in [1.29, 1.82) is 0 Å². The Balaban J connectivity index is 2.08. The molecule has 0 aliphatic rings. The molecule has 0 atom stereocenters. The van der Waals surface area contributed by atoms with Gasteiger partial charge in [0.2, 0.25) is 0 Å². The summed E-state index contributed by atoms with van der Waals surface area (Å²) in [5, 5.41) is 7.68. The Morgan fingerprint density at radius 1 is 1.44 bits per heavy atom. The number of aryl methyl sites for hydroxylation is 2. The molecule has 2 rings (SSSR count). The lowest BCUT2D eigenvalue weighted by atomic mass is 10.2. The molecule has 0 aliphatic heterocycles. The maximum absolute atomic E-state index is 5.26. The molecule has 0 spiro atoms. The summed E-state index contributed by atoms with van der Waals surface area (Å²) in [6.07, 6.45) is 2.03. The monoisotopic (exact) mass is 309 g/mol. The number of halogens is 1. The summed E-state index contributed by atoms with van der Waals surface area (Å²) in [5.74, 6) is 0.822. The number of rotatable bonds is 4. The van der Waals surface area contributed by atoms with Gasteiger partial charge in [-0.15, -0.1) is 0 Å². The van der Waals surface area contributed by atoms with Crippen LogP contribution in [0.15, 0.2) is 28.9 Å². The van der Waals surface area contributed by atoms with Crippen molar-refractivity contribution in [2.24, 2.45) is 7.05 Å². The fourth-order valence-corrected chi connectivity index (χ4v) is 2.20. The molecule has 18 heavy (non-hydrogen) atoms. The van der Waals surface area contributed by atoms with E-state index in [9.17, 15) is 0 Å². The van der Waals surface area contributed by atoms with E-state index in [1.807, 2.05) is 43.0 Å². The zero-order valence-electron chi connectivity index (χ0n) is 10.7. The summed E-state index contributed by atoms with van der Waals surface area (Å²) in [6.45, 7) is 2.77. The number of hydrogen-bond donors (Lipinski definition) is 1. The molecular weight excluding hydrogens is 294 g/mol. The maximum Gasteiger partial charge on any atom is 0.135 e. The van der Waals surface area contributed by atoms with Crippen LogP contribution in [-0.4, -0.2) is 16.9 Å². The van der Waals surface area contributed by atoms with Crippen LogP contribution in [0.25, 0.3) is 0 Å². The smallest absolute Gasteiger partial charge is 0.135 e. The molecular formula is C13H16BrN3O. The number of aromatic nitrogens is 2. The molecule has 0 unspecified atom stereocenters. The average Bonchev–Trinajstić information content (AvgIpc) is 2.67. The van der Waals surface area contributed by atoms with Gasteiger partial charge in [0.15, 0.2) is 0 Å². The molecule has 5 heteroatoms. The first kappa shape index (κ1) is 13.0. The summed E-state index contributed by atoms with van der Waals surface area (Å²) >= 11 is 3.44. The third-order valence-corrected chi connectivity index (χ3v) is 3.40. The van der Waals surface area contributed by atoms with Gasteiger partial charge < -0.3 is 10.1 Å². The van der Waals surface area contributed by atoms with Crippen molar-refractivity contribution in [1.82, 2.24) is 9.78 Å². The minimum atomic E-state index is 0.754. The third kappa shape index (κ3) is 2.85. The van der Waals surface area contributed by atoms with Crippen molar-refractivity contribution in [3.05, 3.63) is 40.1 Å². The molecule has 0 saturated heterocycles. The number of nitrogens with one attached hydrogen (secondary N) is 1. The van der Waals surface area contributed by atoms with Gasteiger partial charge in [-0.05, 0) is 35.0 Å². The van der Waals surface area contributed by atoms with Crippen LogP contribution in [0.1, 0.15) is 11.3 Å². The molecule has 2 aromatic rings. The second-order valence-electron chi connectivity index (χ2n) is 4.12. The van der Waals surface area contributed by atoms with Crippen LogP contribution in [0.4, 0.5) is 5.69 Å². The SMILES string of the molecule is COc1cc(NCc2cn(C)nc2C)ccc1Br. The number of nitrogens with zero attached hydrogens (tertiary/aromatic N) is 2. The van der Waals surface area contributed by atoms with Crippen LogP contribution >= 0.6 is 15.9 Å². The Labute approximate surface area is 115 Å². The number of hydrogen-bond acceptors (Lipinski definition) is 3.